The Morgan fingerprint density at radius 3 is 2.48 bits per heavy atom. The number of carbonyl (C=O) groups excluding carboxylic acids is 1. The van der Waals surface area contributed by atoms with Crippen molar-refractivity contribution in [3.05, 3.63) is 59.2 Å². The number of amides is 1. The summed E-state index contributed by atoms with van der Waals surface area (Å²) in [7, 11) is 1.53. The number of nitrogens with two attached hydrogens (primary N) is 1. The predicted octanol–water partition coefficient (Wildman–Crippen LogP) is 2.19. The fraction of sp³-hybridized carbons (Fsp3) is 0.188. The van der Waals surface area contributed by atoms with E-state index in [4.69, 9.17) is 15.3 Å². The SMILES string of the molecule is COc1cc(C(=O)NN)ccc1OCc1ccc(C)cc1. The van der Waals surface area contributed by atoms with Crippen molar-refractivity contribution in [3.63, 3.8) is 0 Å². The number of hydrogen-bond donors (Lipinski definition) is 2. The third-order valence-corrected chi connectivity index (χ3v) is 3.07. The Bertz CT molecular complexity index is 624. The number of aryl methyl sites for hydroxylation is 1. The second-order valence-corrected chi connectivity index (χ2v) is 4.61. The van der Waals surface area contributed by atoms with Crippen LogP contribution >= 0.6 is 0 Å². The lowest BCUT2D eigenvalue weighted by Gasteiger charge is -2.12. The molecule has 1 amide bonds. The monoisotopic (exact) mass is 286 g/mol. The van der Waals surface area contributed by atoms with Gasteiger partial charge in [0, 0.05) is 5.56 Å². The first-order valence-corrected chi connectivity index (χ1v) is 6.51. The van der Waals surface area contributed by atoms with Crippen molar-refractivity contribution in [2.75, 3.05) is 7.11 Å². The van der Waals surface area contributed by atoms with E-state index in [1.807, 2.05) is 31.2 Å². The van der Waals surface area contributed by atoms with E-state index in [9.17, 15) is 4.79 Å². The first-order valence-electron chi connectivity index (χ1n) is 6.51. The van der Waals surface area contributed by atoms with Crippen LogP contribution in [0.5, 0.6) is 11.5 Å². The highest BCUT2D eigenvalue weighted by molar-refractivity contribution is 5.94. The summed E-state index contributed by atoms with van der Waals surface area (Å²) in [6.07, 6.45) is 0. The number of nitrogen functional groups attached to an aromatic ring is 1. The summed E-state index contributed by atoms with van der Waals surface area (Å²) >= 11 is 0. The molecule has 2 rings (SSSR count). The van der Waals surface area contributed by atoms with Crippen LogP contribution in [0.1, 0.15) is 21.5 Å². The molecule has 2 aromatic carbocycles. The normalized spacial score (nSPS) is 10.0. The average molecular weight is 286 g/mol. The summed E-state index contributed by atoms with van der Waals surface area (Å²) in [6.45, 7) is 2.47. The molecular weight excluding hydrogens is 268 g/mol. The molecule has 0 atom stereocenters. The van der Waals surface area contributed by atoms with Crippen molar-refractivity contribution in [1.29, 1.82) is 0 Å². The zero-order valence-electron chi connectivity index (χ0n) is 12.1. The fourth-order valence-corrected chi connectivity index (χ4v) is 1.86. The van der Waals surface area contributed by atoms with Gasteiger partial charge < -0.3 is 9.47 Å². The highest BCUT2D eigenvalue weighted by Gasteiger charge is 2.10. The van der Waals surface area contributed by atoms with Gasteiger partial charge in [-0.2, -0.15) is 0 Å². The number of carbonyl (C=O) groups is 1. The van der Waals surface area contributed by atoms with Crippen molar-refractivity contribution in [1.82, 2.24) is 5.43 Å². The molecule has 0 heterocycles. The van der Waals surface area contributed by atoms with Crippen LogP contribution in [0.3, 0.4) is 0 Å². The maximum Gasteiger partial charge on any atom is 0.265 e. The number of rotatable bonds is 5. The Balaban J connectivity index is 2.12. The second kappa shape index (κ2) is 6.76. The van der Waals surface area contributed by atoms with Crippen molar-refractivity contribution in [2.24, 2.45) is 5.84 Å². The lowest BCUT2D eigenvalue weighted by molar-refractivity contribution is 0.0953. The van der Waals surface area contributed by atoms with Crippen LogP contribution in [0.25, 0.3) is 0 Å². The first kappa shape index (κ1) is 14.9. The van der Waals surface area contributed by atoms with Gasteiger partial charge in [0.15, 0.2) is 11.5 Å². The van der Waals surface area contributed by atoms with Gasteiger partial charge in [0.1, 0.15) is 6.61 Å². The van der Waals surface area contributed by atoms with Crippen LogP contribution < -0.4 is 20.7 Å². The van der Waals surface area contributed by atoms with Gasteiger partial charge >= 0.3 is 0 Å². The lowest BCUT2D eigenvalue weighted by Crippen LogP contribution is -2.29. The molecule has 0 aliphatic rings. The molecule has 0 unspecified atom stereocenters. The van der Waals surface area contributed by atoms with Crippen LogP contribution in [-0.2, 0) is 6.61 Å². The van der Waals surface area contributed by atoms with Gasteiger partial charge in [-0.05, 0) is 30.7 Å². The molecule has 0 aliphatic heterocycles. The molecular formula is C16H18N2O3. The maximum atomic E-state index is 11.5. The molecule has 21 heavy (non-hydrogen) atoms. The van der Waals surface area contributed by atoms with Gasteiger partial charge in [-0.3, -0.25) is 10.2 Å². The maximum absolute atomic E-state index is 11.5. The van der Waals surface area contributed by atoms with E-state index in [0.29, 0.717) is 23.7 Å². The summed E-state index contributed by atoms with van der Waals surface area (Å²) in [5.74, 6) is 5.80. The summed E-state index contributed by atoms with van der Waals surface area (Å²) in [5, 5.41) is 0. The number of hydrogen-bond acceptors (Lipinski definition) is 4. The number of methoxy groups -OCH3 is 1. The van der Waals surface area contributed by atoms with Crippen LogP contribution in [0, 0.1) is 6.92 Å². The molecule has 110 valence electrons. The molecule has 0 bridgehead atoms. The van der Waals surface area contributed by atoms with E-state index >= 15 is 0 Å². The van der Waals surface area contributed by atoms with Crippen molar-refractivity contribution >= 4 is 5.91 Å². The van der Waals surface area contributed by atoms with Crippen molar-refractivity contribution in [2.45, 2.75) is 13.5 Å². The minimum Gasteiger partial charge on any atom is -0.493 e. The van der Waals surface area contributed by atoms with Crippen LogP contribution in [-0.4, -0.2) is 13.0 Å². The standard InChI is InChI=1S/C16H18N2O3/c1-11-3-5-12(6-4-11)10-21-14-8-7-13(16(19)18-17)9-15(14)20-2/h3-9H,10,17H2,1-2H3,(H,18,19). The zero-order valence-corrected chi connectivity index (χ0v) is 12.1. The van der Waals surface area contributed by atoms with E-state index in [0.717, 1.165) is 5.56 Å². The van der Waals surface area contributed by atoms with Crippen LogP contribution in [0.4, 0.5) is 0 Å². The Kier molecular flexibility index (Phi) is 4.79. The molecule has 5 heteroatoms. The van der Waals surface area contributed by atoms with E-state index in [-0.39, 0.29) is 5.91 Å². The van der Waals surface area contributed by atoms with Gasteiger partial charge in [0.25, 0.3) is 5.91 Å². The average Bonchev–Trinajstić information content (AvgIpc) is 2.53. The molecule has 0 fully saturated rings. The molecule has 3 N–H and O–H groups in total. The molecule has 0 radical (unpaired) electrons. The van der Waals surface area contributed by atoms with E-state index in [2.05, 4.69) is 5.43 Å². The summed E-state index contributed by atoms with van der Waals surface area (Å²) < 4.78 is 11.0. The van der Waals surface area contributed by atoms with Crippen molar-refractivity contribution < 1.29 is 14.3 Å². The molecule has 0 aromatic heterocycles. The summed E-state index contributed by atoms with van der Waals surface area (Å²) in [5.41, 5.74) is 4.76. The summed E-state index contributed by atoms with van der Waals surface area (Å²) in [4.78, 5) is 11.5. The zero-order chi connectivity index (χ0) is 15.2. The smallest absolute Gasteiger partial charge is 0.265 e. The minimum atomic E-state index is -0.376. The third-order valence-electron chi connectivity index (χ3n) is 3.07. The predicted molar refractivity (Wildman–Crippen MR) is 80.2 cm³/mol. The Hall–Kier alpha value is -2.53. The van der Waals surface area contributed by atoms with Gasteiger partial charge in [0.2, 0.25) is 0 Å². The van der Waals surface area contributed by atoms with Crippen LogP contribution in [0.2, 0.25) is 0 Å². The second-order valence-electron chi connectivity index (χ2n) is 4.61. The minimum absolute atomic E-state index is 0.376. The molecule has 0 aliphatic carbocycles. The summed E-state index contributed by atoms with van der Waals surface area (Å²) in [6, 6.07) is 13.0. The number of nitrogens with one attached hydrogen (secondary N) is 1. The molecule has 5 nitrogen and oxygen atoms in total. The fourth-order valence-electron chi connectivity index (χ4n) is 1.86. The molecule has 0 saturated carbocycles. The van der Waals surface area contributed by atoms with Gasteiger partial charge in [-0.1, -0.05) is 29.8 Å². The highest BCUT2D eigenvalue weighted by Crippen LogP contribution is 2.28. The topological polar surface area (TPSA) is 73.6 Å². The van der Waals surface area contributed by atoms with Crippen molar-refractivity contribution in [3.8, 4) is 11.5 Å². The highest BCUT2D eigenvalue weighted by atomic mass is 16.5. The molecule has 0 spiro atoms. The quantitative estimate of drug-likeness (QED) is 0.502. The Morgan fingerprint density at radius 2 is 1.86 bits per heavy atom. The van der Waals surface area contributed by atoms with Gasteiger partial charge in [0.05, 0.1) is 7.11 Å². The van der Waals surface area contributed by atoms with Crippen LogP contribution in [0.15, 0.2) is 42.5 Å². The van der Waals surface area contributed by atoms with Gasteiger partial charge in [-0.15, -0.1) is 0 Å². The number of hydrazine groups is 1. The Morgan fingerprint density at radius 1 is 1.14 bits per heavy atom. The van der Waals surface area contributed by atoms with E-state index in [1.54, 1.807) is 18.2 Å². The first-order chi connectivity index (χ1) is 10.1. The Labute approximate surface area is 123 Å². The lowest BCUT2D eigenvalue weighted by atomic mass is 10.1. The molecule has 2 aromatic rings. The molecule has 0 saturated heterocycles. The van der Waals surface area contributed by atoms with E-state index in [1.165, 1.54) is 12.7 Å². The third kappa shape index (κ3) is 3.73. The van der Waals surface area contributed by atoms with E-state index < -0.39 is 0 Å². The van der Waals surface area contributed by atoms with Gasteiger partial charge in [-0.25, -0.2) is 5.84 Å². The number of ether oxygens (including phenoxy) is 2. The number of benzene rings is 2. The largest absolute Gasteiger partial charge is 0.493 e.